The standard InChI is InChI=1S/C10H12N5O7P.H3N/c11-10-13-7-4(8(17)14-10)12-2-15(7)9-5(16)6-3(21-9)1-20-23(18,19)22-6;/h2-3,5-6,9,16H,1H2,(H,18,19)(H3,11,13,14,17);1H3. The zero-order valence-corrected chi connectivity index (χ0v) is 13.0. The maximum Gasteiger partial charge on any atom is 0.472 e. The van der Waals surface area contributed by atoms with Crippen molar-refractivity contribution >= 4 is 24.9 Å². The highest BCUT2D eigenvalue weighted by atomic mass is 31.2. The summed E-state index contributed by atoms with van der Waals surface area (Å²) in [5.41, 5.74) is 5.12. The van der Waals surface area contributed by atoms with E-state index in [1.54, 1.807) is 0 Å². The van der Waals surface area contributed by atoms with Gasteiger partial charge in [-0.05, 0) is 0 Å². The van der Waals surface area contributed by atoms with E-state index in [1.807, 2.05) is 0 Å². The zero-order valence-electron chi connectivity index (χ0n) is 12.1. The number of rotatable bonds is 1. The van der Waals surface area contributed by atoms with Crippen LogP contribution in [0.25, 0.3) is 11.2 Å². The minimum atomic E-state index is -4.22. The van der Waals surface area contributed by atoms with Crippen LogP contribution in [0, 0.1) is 0 Å². The number of aromatic nitrogens is 4. The van der Waals surface area contributed by atoms with Crippen molar-refractivity contribution in [2.24, 2.45) is 0 Å². The Kier molecular flexibility index (Phi) is 3.96. The molecule has 0 saturated carbocycles. The molecule has 2 aromatic rings. The first-order valence-electron chi connectivity index (χ1n) is 6.57. The molecule has 13 nitrogen and oxygen atoms in total. The number of hydrogen-bond acceptors (Lipinski definition) is 10. The number of anilines is 1. The maximum absolute atomic E-state index is 11.8. The maximum atomic E-state index is 11.8. The van der Waals surface area contributed by atoms with Gasteiger partial charge in [0.05, 0.1) is 12.9 Å². The Morgan fingerprint density at radius 1 is 1.50 bits per heavy atom. The SMILES string of the molecule is N.Nc1nc2c(ncn2C2OC3COP(=O)(O)OC3C2O)c(=O)[nH]1. The summed E-state index contributed by atoms with van der Waals surface area (Å²) in [5.74, 6) is -0.117. The van der Waals surface area contributed by atoms with Crippen molar-refractivity contribution in [2.45, 2.75) is 24.5 Å². The molecule has 5 atom stereocenters. The number of nitrogens with zero attached hydrogens (tertiary/aromatic N) is 3. The number of ether oxygens (including phenoxy) is 1. The van der Waals surface area contributed by atoms with E-state index in [4.69, 9.17) is 15.0 Å². The first-order chi connectivity index (χ1) is 10.9. The number of aromatic amines is 1. The van der Waals surface area contributed by atoms with Gasteiger partial charge in [0.15, 0.2) is 17.4 Å². The van der Waals surface area contributed by atoms with Crippen LogP contribution < -0.4 is 17.4 Å². The molecule has 0 amide bonds. The van der Waals surface area contributed by atoms with Gasteiger partial charge in [0, 0.05) is 0 Å². The first-order valence-corrected chi connectivity index (χ1v) is 8.07. The summed E-state index contributed by atoms with van der Waals surface area (Å²) < 4.78 is 27.9. The Bertz CT molecular complexity index is 882. The van der Waals surface area contributed by atoms with Crippen LogP contribution in [0.1, 0.15) is 6.23 Å². The summed E-state index contributed by atoms with van der Waals surface area (Å²) in [7, 11) is -4.22. The number of hydrogen-bond donors (Lipinski definition) is 5. The van der Waals surface area contributed by atoms with Crippen LogP contribution in [0.3, 0.4) is 0 Å². The summed E-state index contributed by atoms with van der Waals surface area (Å²) in [4.78, 5) is 31.3. The van der Waals surface area contributed by atoms with Crippen molar-refractivity contribution in [1.82, 2.24) is 25.7 Å². The van der Waals surface area contributed by atoms with E-state index in [9.17, 15) is 19.4 Å². The molecule has 0 radical (unpaired) electrons. The molecule has 0 aromatic carbocycles. The van der Waals surface area contributed by atoms with Gasteiger partial charge in [-0.3, -0.25) is 23.4 Å². The van der Waals surface area contributed by atoms with E-state index in [-0.39, 0.29) is 29.9 Å². The van der Waals surface area contributed by atoms with Crippen molar-refractivity contribution in [3.05, 3.63) is 16.7 Å². The van der Waals surface area contributed by atoms with Gasteiger partial charge in [0.1, 0.15) is 18.3 Å². The highest BCUT2D eigenvalue weighted by molar-refractivity contribution is 7.47. The fraction of sp³-hybridized carbons (Fsp3) is 0.500. The predicted molar refractivity (Wildman–Crippen MR) is 78.2 cm³/mol. The van der Waals surface area contributed by atoms with Gasteiger partial charge >= 0.3 is 7.82 Å². The zero-order chi connectivity index (χ0) is 16.4. The lowest BCUT2D eigenvalue weighted by Crippen LogP contribution is -2.39. The van der Waals surface area contributed by atoms with Gasteiger partial charge in [-0.1, -0.05) is 0 Å². The Labute approximate surface area is 133 Å². The summed E-state index contributed by atoms with van der Waals surface area (Å²) in [6.45, 7) is -0.214. The van der Waals surface area contributed by atoms with Gasteiger partial charge in [-0.2, -0.15) is 4.98 Å². The molecule has 2 aliphatic heterocycles. The molecule has 0 bridgehead atoms. The second kappa shape index (κ2) is 5.60. The molecule has 0 spiro atoms. The summed E-state index contributed by atoms with van der Waals surface area (Å²) in [6, 6.07) is 0. The lowest BCUT2D eigenvalue weighted by molar-refractivity contribution is -0.0664. The second-order valence-corrected chi connectivity index (χ2v) is 6.57. The van der Waals surface area contributed by atoms with Crippen LogP contribution in [-0.4, -0.2) is 54.4 Å². The third-order valence-corrected chi connectivity index (χ3v) is 4.68. The summed E-state index contributed by atoms with van der Waals surface area (Å²) >= 11 is 0. The lowest BCUT2D eigenvalue weighted by atomic mass is 10.1. The van der Waals surface area contributed by atoms with E-state index >= 15 is 0 Å². The predicted octanol–water partition coefficient (Wildman–Crippen LogP) is -1.36. The van der Waals surface area contributed by atoms with E-state index in [1.165, 1.54) is 10.9 Å². The van der Waals surface area contributed by atoms with Gasteiger partial charge < -0.3 is 26.6 Å². The topological polar surface area (TPSA) is 210 Å². The molecule has 14 heteroatoms. The highest BCUT2D eigenvalue weighted by Gasteiger charge is 2.52. The largest absolute Gasteiger partial charge is 0.472 e. The molecule has 132 valence electrons. The second-order valence-electron chi connectivity index (χ2n) is 5.17. The van der Waals surface area contributed by atoms with E-state index in [0.29, 0.717) is 0 Å². The van der Waals surface area contributed by atoms with Crippen LogP contribution in [-0.2, 0) is 18.3 Å². The van der Waals surface area contributed by atoms with Crippen LogP contribution in [0.4, 0.5) is 5.95 Å². The van der Waals surface area contributed by atoms with Crippen molar-refractivity contribution in [3.8, 4) is 0 Å². The molecule has 4 rings (SSSR count). The van der Waals surface area contributed by atoms with Crippen LogP contribution in [0.15, 0.2) is 11.1 Å². The molecule has 2 fully saturated rings. The Morgan fingerprint density at radius 2 is 2.25 bits per heavy atom. The number of aliphatic hydroxyl groups is 1. The molecule has 2 aromatic heterocycles. The third kappa shape index (κ3) is 2.52. The van der Waals surface area contributed by atoms with E-state index in [2.05, 4.69) is 19.5 Å². The van der Waals surface area contributed by atoms with Crippen LogP contribution >= 0.6 is 7.82 Å². The molecular formula is C10H15N6O7P. The van der Waals surface area contributed by atoms with Crippen LogP contribution in [0.5, 0.6) is 0 Å². The van der Waals surface area contributed by atoms with Crippen LogP contribution in [0.2, 0.25) is 0 Å². The molecule has 5 unspecified atom stereocenters. The Morgan fingerprint density at radius 3 is 3.00 bits per heavy atom. The normalized spacial score (nSPS) is 35.6. The molecule has 8 N–H and O–H groups in total. The van der Waals surface area contributed by atoms with Gasteiger partial charge in [-0.15, -0.1) is 0 Å². The van der Waals surface area contributed by atoms with Crippen molar-refractivity contribution < 1.29 is 28.3 Å². The monoisotopic (exact) mass is 362 g/mol. The number of fused-ring (bicyclic) bond motifs is 2. The fourth-order valence-electron chi connectivity index (χ4n) is 2.69. The third-order valence-electron chi connectivity index (χ3n) is 3.69. The Balaban J connectivity index is 0.00000169. The summed E-state index contributed by atoms with van der Waals surface area (Å²) in [6.07, 6.45) is -2.85. The molecule has 2 saturated heterocycles. The molecule has 24 heavy (non-hydrogen) atoms. The fourth-order valence-corrected chi connectivity index (χ4v) is 3.66. The van der Waals surface area contributed by atoms with Crippen molar-refractivity contribution in [1.29, 1.82) is 0 Å². The number of aliphatic hydroxyl groups excluding tert-OH is 1. The van der Waals surface area contributed by atoms with E-state index in [0.717, 1.165) is 0 Å². The number of phosphoric acid groups is 1. The molecular weight excluding hydrogens is 347 g/mol. The number of nitrogens with one attached hydrogen (secondary N) is 1. The highest BCUT2D eigenvalue weighted by Crippen LogP contribution is 2.52. The number of nitrogen functional groups attached to an aromatic ring is 1. The molecule has 0 aliphatic carbocycles. The Hall–Kier alpha value is -1.86. The van der Waals surface area contributed by atoms with Gasteiger partial charge in [0.25, 0.3) is 5.56 Å². The van der Waals surface area contributed by atoms with E-state index < -0.39 is 37.9 Å². The number of phosphoric ester groups is 1. The average Bonchev–Trinajstić information content (AvgIpc) is 3.00. The number of H-pyrrole nitrogens is 1. The van der Waals surface area contributed by atoms with Gasteiger partial charge in [-0.25, -0.2) is 9.55 Å². The number of imidazole rings is 1. The minimum absolute atomic E-state index is 0. The minimum Gasteiger partial charge on any atom is -0.386 e. The average molecular weight is 362 g/mol. The smallest absolute Gasteiger partial charge is 0.386 e. The van der Waals surface area contributed by atoms with Gasteiger partial charge in [0.2, 0.25) is 5.95 Å². The molecule has 4 heterocycles. The summed E-state index contributed by atoms with van der Waals surface area (Å²) in [5, 5.41) is 10.4. The first kappa shape index (κ1) is 17.0. The van der Waals surface area contributed by atoms with Crippen molar-refractivity contribution in [2.75, 3.05) is 12.3 Å². The van der Waals surface area contributed by atoms with Crippen molar-refractivity contribution in [3.63, 3.8) is 0 Å². The number of nitrogens with two attached hydrogens (primary N) is 1. The lowest BCUT2D eigenvalue weighted by Gasteiger charge is -2.27. The molecule has 2 aliphatic rings. The quantitative estimate of drug-likeness (QED) is 0.374.